The van der Waals surface area contributed by atoms with Crippen LogP contribution in [0.3, 0.4) is 0 Å². The van der Waals surface area contributed by atoms with Gasteiger partial charge in [-0.25, -0.2) is 4.68 Å². The number of fused-ring (bicyclic) bond motifs is 1. The van der Waals surface area contributed by atoms with Gasteiger partial charge in [-0.3, -0.25) is 4.79 Å². The van der Waals surface area contributed by atoms with Gasteiger partial charge < -0.3 is 4.90 Å². The Morgan fingerprint density at radius 2 is 1.93 bits per heavy atom. The molecule has 5 heteroatoms. The molecule has 1 fully saturated rings. The maximum absolute atomic E-state index is 13.8. The van der Waals surface area contributed by atoms with E-state index >= 15 is 0 Å². The monoisotopic (exact) mass is 394 g/mol. The van der Waals surface area contributed by atoms with Gasteiger partial charge in [0.25, 0.3) is 5.56 Å². The molecule has 1 aliphatic rings. The van der Waals surface area contributed by atoms with Gasteiger partial charge in [0, 0.05) is 33.2 Å². The molecule has 140 valence electrons. The van der Waals surface area contributed by atoms with Crippen LogP contribution >= 0.6 is 11.6 Å². The van der Waals surface area contributed by atoms with Crippen molar-refractivity contribution in [2.45, 2.75) is 31.5 Å². The first-order valence-electron chi connectivity index (χ1n) is 14.6. The average Bonchev–Trinajstić information content (AvgIpc) is 2.88. The first-order chi connectivity index (χ1) is 18.0. The van der Waals surface area contributed by atoms with Crippen molar-refractivity contribution in [3.8, 4) is 0 Å². The number of benzene rings is 2. The summed E-state index contributed by atoms with van der Waals surface area (Å²) in [6, 6.07) is 6.92. The predicted octanol–water partition coefficient (Wildman–Crippen LogP) is 4.30. The van der Waals surface area contributed by atoms with E-state index in [0.29, 0.717) is 7.05 Å². The van der Waals surface area contributed by atoms with Gasteiger partial charge in [0.1, 0.15) is 0 Å². The third kappa shape index (κ3) is 3.92. The summed E-state index contributed by atoms with van der Waals surface area (Å²) in [4.78, 5) is 13.8. The highest BCUT2D eigenvalue weighted by Gasteiger charge is 2.21. The summed E-state index contributed by atoms with van der Waals surface area (Å²) in [7, 11) is 0.707. The Kier molecular flexibility index (Phi) is 2.45. The van der Waals surface area contributed by atoms with E-state index in [-0.39, 0.29) is 30.9 Å². The summed E-state index contributed by atoms with van der Waals surface area (Å²) in [6.07, 6.45) is -14.2. The number of halogens is 1. The Morgan fingerprint density at radius 3 is 2.70 bits per heavy atom. The van der Waals surface area contributed by atoms with Crippen molar-refractivity contribution >= 4 is 22.4 Å². The van der Waals surface area contributed by atoms with Crippen LogP contribution < -0.4 is 5.56 Å². The molecule has 0 saturated carbocycles. The molecule has 4 nitrogen and oxygen atoms in total. The fourth-order valence-electron chi connectivity index (χ4n) is 2.58. The summed E-state index contributed by atoms with van der Waals surface area (Å²) >= 11 is 5.94. The van der Waals surface area contributed by atoms with Crippen molar-refractivity contribution in [1.82, 2.24) is 14.7 Å². The molecule has 3 aromatic rings. The highest BCUT2D eigenvalue weighted by Crippen LogP contribution is 2.23. The quantitative estimate of drug-likeness (QED) is 0.664. The molecule has 2 aromatic carbocycles. The molecule has 0 bridgehead atoms. The number of rotatable bonds is 3. The average molecular weight is 395 g/mol. The third-order valence-electron chi connectivity index (χ3n) is 3.87. The lowest BCUT2D eigenvalue weighted by molar-refractivity contribution is 0.334. The van der Waals surface area contributed by atoms with Gasteiger partial charge in [-0.05, 0) is 62.9 Å². The predicted molar refractivity (Wildman–Crippen MR) is 111 cm³/mol. The molecule has 4 rings (SSSR count). The summed E-state index contributed by atoms with van der Waals surface area (Å²) in [5, 5.41) is 3.85. The lowest BCUT2D eigenvalue weighted by atomic mass is 10.0. The van der Waals surface area contributed by atoms with Crippen LogP contribution in [0.1, 0.15) is 54.2 Å². The van der Waals surface area contributed by atoms with E-state index in [1.54, 1.807) is 0 Å². The zero-order valence-corrected chi connectivity index (χ0v) is 15.0. The topological polar surface area (TPSA) is 38.1 Å². The zero-order valence-electron chi connectivity index (χ0n) is 27.2. The number of aromatic nitrogens is 2. The second kappa shape index (κ2) is 7.83. The summed E-state index contributed by atoms with van der Waals surface area (Å²) in [6.45, 7) is -7.12. The van der Waals surface area contributed by atoms with Crippen LogP contribution in [0.4, 0.5) is 0 Å². The molecular formula is C22H24ClN3O. The Bertz CT molecular complexity index is 1540. The van der Waals surface area contributed by atoms with Crippen molar-refractivity contribution in [1.29, 1.82) is 0 Å². The van der Waals surface area contributed by atoms with E-state index in [9.17, 15) is 6.17 Å². The van der Waals surface area contributed by atoms with E-state index in [0.717, 1.165) is 0 Å². The molecule has 1 aliphatic heterocycles. The highest BCUT2D eigenvalue weighted by atomic mass is 35.5. The van der Waals surface area contributed by atoms with E-state index < -0.39 is 55.8 Å². The van der Waals surface area contributed by atoms with Crippen molar-refractivity contribution in [2.24, 2.45) is 0 Å². The molecule has 1 unspecified atom stereocenters. The van der Waals surface area contributed by atoms with Crippen molar-refractivity contribution in [3.63, 3.8) is 0 Å². The van der Waals surface area contributed by atoms with Gasteiger partial charge >= 0.3 is 0 Å². The second-order valence-corrected chi connectivity index (χ2v) is 6.19. The Balaban J connectivity index is 2.21. The molecule has 0 N–H and O–H groups in total. The van der Waals surface area contributed by atoms with Gasteiger partial charge in [-0.2, -0.15) is 5.10 Å². The van der Waals surface area contributed by atoms with Crippen LogP contribution in [0.25, 0.3) is 10.8 Å². The van der Waals surface area contributed by atoms with E-state index in [4.69, 9.17) is 28.1 Å². The first-order valence-corrected chi connectivity index (χ1v) is 8.44. The van der Waals surface area contributed by atoms with Crippen LogP contribution in [0.2, 0.25) is 5.02 Å². The Labute approximate surface area is 182 Å². The molecule has 0 amide bonds. The smallest absolute Gasteiger partial charge is 0.274 e. The maximum atomic E-state index is 13.8. The largest absolute Gasteiger partial charge is 0.306 e. The van der Waals surface area contributed by atoms with Gasteiger partial charge in [-0.15, -0.1) is 0 Å². The van der Waals surface area contributed by atoms with E-state index in [1.165, 1.54) is 48.5 Å². The summed E-state index contributed by atoms with van der Waals surface area (Å²) < 4.78 is 112. The number of hydrogen-bond donors (Lipinski definition) is 0. The zero-order chi connectivity index (χ0) is 30.5. The lowest BCUT2D eigenvalue weighted by Gasteiger charge is -2.19. The van der Waals surface area contributed by atoms with E-state index in [2.05, 4.69) is 5.10 Å². The SMILES string of the molecule is [2H]C([2H])(c1ccc(Cl)cc1)c1nn(C2([2H])C([2H])([2H])C([2H])([2H])N(C)C([2H])([2H])C([2H])([2H])C2([2H])[2H])c(=O)c2ccccc12. The normalized spacial score (nSPS) is 38.2. The molecule has 0 aliphatic carbocycles. The van der Waals surface area contributed by atoms with Gasteiger partial charge in [0.15, 0.2) is 0 Å². The van der Waals surface area contributed by atoms with E-state index in [1.807, 2.05) is 0 Å². The minimum atomic E-state index is -3.98. The minimum Gasteiger partial charge on any atom is -0.306 e. The first kappa shape index (κ1) is 8.46. The lowest BCUT2D eigenvalue weighted by Crippen LogP contribution is -2.29. The van der Waals surface area contributed by atoms with Crippen LogP contribution in [-0.4, -0.2) is 34.7 Å². The van der Waals surface area contributed by atoms with Crippen LogP contribution in [0.15, 0.2) is 53.3 Å². The van der Waals surface area contributed by atoms with Gasteiger partial charge in [0.2, 0.25) is 0 Å². The fraction of sp³-hybridized carbons (Fsp3) is 0.364. The molecule has 1 saturated heterocycles. The number of hydrogen-bond acceptors (Lipinski definition) is 3. The molecule has 2 heterocycles. The third-order valence-corrected chi connectivity index (χ3v) is 4.12. The van der Waals surface area contributed by atoms with Crippen molar-refractivity contribution in [2.75, 3.05) is 20.0 Å². The van der Waals surface area contributed by atoms with Crippen molar-refractivity contribution < 1.29 is 17.8 Å². The maximum Gasteiger partial charge on any atom is 0.274 e. The fourth-order valence-corrected chi connectivity index (χ4v) is 2.70. The van der Waals surface area contributed by atoms with Gasteiger partial charge in [0.05, 0.1) is 18.5 Å². The Hall–Kier alpha value is -2.17. The summed E-state index contributed by atoms with van der Waals surface area (Å²) in [5.74, 6) is 0. The summed E-state index contributed by atoms with van der Waals surface area (Å²) in [5.41, 5.74) is -1.91. The van der Waals surface area contributed by atoms with Crippen LogP contribution in [0, 0.1) is 0 Å². The molecule has 1 atom stereocenters. The minimum absolute atomic E-state index is 0.0209. The van der Waals surface area contributed by atoms with Crippen LogP contribution in [0.5, 0.6) is 0 Å². The standard InChI is InChI=1S/C22H24ClN3O/c1-25-13-4-5-18(12-14-25)26-22(27)20-7-3-2-6-19(20)21(24-26)15-16-8-10-17(23)11-9-16/h2-3,6-11,18H,4-5,12-15H2,1H3/i4D2,5D2,12D2,13D2,14D2,15D2,18D. The van der Waals surface area contributed by atoms with Crippen molar-refractivity contribution in [3.05, 3.63) is 75.2 Å². The molecule has 27 heavy (non-hydrogen) atoms. The molecule has 0 radical (unpaired) electrons. The Morgan fingerprint density at radius 1 is 1.19 bits per heavy atom. The number of nitrogens with zero attached hydrogens (tertiary/aromatic N) is 3. The number of likely N-dealkylation sites (tertiary alicyclic amines) is 1. The van der Waals surface area contributed by atoms with Gasteiger partial charge in [-0.1, -0.05) is 41.9 Å². The molecular weight excluding hydrogens is 358 g/mol. The second-order valence-electron chi connectivity index (χ2n) is 5.75. The molecule has 0 spiro atoms. The highest BCUT2D eigenvalue weighted by molar-refractivity contribution is 6.30. The van der Waals surface area contributed by atoms with Crippen LogP contribution in [-0.2, 0) is 6.37 Å². The molecule has 1 aromatic heterocycles.